The minimum absolute atomic E-state index is 0.0481. The Morgan fingerprint density at radius 2 is 1.50 bits per heavy atom. The van der Waals surface area contributed by atoms with Gasteiger partial charge >= 0.3 is 5.97 Å². The van der Waals surface area contributed by atoms with E-state index in [2.05, 4.69) is 5.18 Å². The zero-order chi connectivity index (χ0) is 15.9. The number of carboxylic acids is 1. The molecule has 0 saturated heterocycles. The van der Waals surface area contributed by atoms with Crippen LogP contribution >= 0.6 is 0 Å². The van der Waals surface area contributed by atoms with Crippen LogP contribution in [0.15, 0.2) is 71.9 Å². The molecule has 0 spiro atoms. The predicted octanol–water partition coefficient (Wildman–Crippen LogP) is 4.33. The van der Waals surface area contributed by atoms with Crippen molar-refractivity contribution in [1.82, 2.24) is 0 Å². The first-order chi connectivity index (χ1) is 10.6. The van der Waals surface area contributed by atoms with E-state index in [1.807, 2.05) is 12.1 Å². The molecule has 0 radical (unpaired) electrons. The first-order valence-corrected chi connectivity index (χ1v) is 6.46. The summed E-state index contributed by atoms with van der Waals surface area (Å²) >= 11 is 0. The van der Waals surface area contributed by atoms with E-state index >= 15 is 0 Å². The van der Waals surface area contributed by atoms with Crippen LogP contribution in [0.1, 0.15) is 10.4 Å². The number of nitroso groups, excluding NO2 is 1. The normalized spacial score (nSPS) is 9.64. The van der Waals surface area contributed by atoms with Gasteiger partial charge in [0.25, 0.3) is 0 Å². The lowest BCUT2D eigenvalue weighted by Gasteiger charge is -2.00. The molecule has 0 atom stereocenters. The predicted molar refractivity (Wildman–Crippen MR) is 84.5 cm³/mol. The van der Waals surface area contributed by atoms with Crippen LogP contribution in [0.2, 0.25) is 0 Å². The van der Waals surface area contributed by atoms with Crippen LogP contribution in [0, 0.1) is 4.91 Å². The van der Waals surface area contributed by atoms with Crippen LogP contribution in [0.25, 0.3) is 10.8 Å². The van der Waals surface area contributed by atoms with Gasteiger partial charge in [0.1, 0.15) is 5.69 Å². The molecule has 3 rings (SSSR count). The number of nitrogens with zero attached hydrogens (tertiary/aromatic N) is 1. The SMILES string of the molecule is O=C(O)c1ccccc1.O=Nc1ccc2ccccc2c1O. The molecule has 3 aromatic carbocycles. The van der Waals surface area contributed by atoms with E-state index in [0.29, 0.717) is 10.9 Å². The summed E-state index contributed by atoms with van der Waals surface area (Å²) in [6.45, 7) is 0. The highest BCUT2D eigenvalue weighted by molar-refractivity contribution is 5.92. The molecule has 3 aromatic rings. The van der Waals surface area contributed by atoms with E-state index in [1.165, 1.54) is 6.07 Å². The van der Waals surface area contributed by atoms with Gasteiger partial charge in [-0.25, -0.2) is 4.79 Å². The Balaban J connectivity index is 0.000000172. The van der Waals surface area contributed by atoms with Gasteiger partial charge in [0, 0.05) is 5.39 Å². The number of rotatable bonds is 2. The topological polar surface area (TPSA) is 87.0 Å². The fourth-order valence-corrected chi connectivity index (χ4v) is 1.90. The standard InChI is InChI=1S/C10H7NO2.C7H6O2/c12-10-8-4-2-1-3-7(8)5-6-9(10)11-13;8-7(9)6-4-2-1-3-5-6/h1-6,12H;1-5H,(H,8,9). The van der Waals surface area contributed by atoms with Crippen LogP contribution in [0.4, 0.5) is 5.69 Å². The fraction of sp³-hybridized carbons (Fsp3) is 0. The number of phenolic OH excluding ortho intramolecular Hbond substituents is 1. The van der Waals surface area contributed by atoms with Crippen molar-refractivity contribution in [3.63, 3.8) is 0 Å². The number of fused-ring (bicyclic) bond motifs is 1. The smallest absolute Gasteiger partial charge is 0.335 e. The number of carbonyl (C=O) groups is 1. The number of benzene rings is 3. The summed E-state index contributed by atoms with van der Waals surface area (Å²) in [6, 6.07) is 18.8. The third-order valence-electron chi connectivity index (χ3n) is 3.00. The van der Waals surface area contributed by atoms with Crippen molar-refractivity contribution >= 4 is 22.4 Å². The molecule has 0 unspecified atom stereocenters. The summed E-state index contributed by atoms with van der Waals surface area (Å²) in [6.07, 6.45) is 0. The third-order valence-corrected chi connectivity index (χ3v) is 3.00. The Labute approximate surface area is 126 Å². The van der Waals surface area contributed by atoms with Gasteiger partial charge in [0.2, 0.25) is 0 Å². The number of aromatic carboxylic acids is 1. The number of aromatic hydroxyl groups is 1. The van der Waals surface area contributed by atoms with Crippen LogP contribution < -0.4 is 0 Å². The van der Waals surface area contributed by atoms with Crippen molar-refractivity contribution in [2.75, 3.05) is 0 Å². The molecule has 0 aliphatic heterocycles. The van der Waals surface area contributed by atoms with Crippen molar-refractivity contribution < 1.29 is 15.0 Å². The molecule has 0 heterocycles. The largest absolute Gasteiger partial charge is 0.505 e. The van der Waals surface area contributed by atoms with Gasteiger partial charge < -0.3 is 10.2 Å². The Morgan fingerprint density at radius 1 is 0.864 bits per heavy atom. The molecule has 0 fully saturated rings. The van der Waals surface area contributed by atoms with E-state index in [0.717, 1.165) is 5.39 Å². The molecule has 2 N–H and O–H groups in total. The van der Waals surface area contributed by atoms with Crippen LogP contribution in [0.5, 0.6) is 5.75 Å². The molecule has 110 valence electrons. The lowest BCUT2D eigenvalue weighted by Crippen LogP contribution is -1.93. The minimum Gasteiger partial charge on any atom is -0.505 e. The summed E-state index contributed by atoms with van der Waals surface area (Å²) < 4.78 is 0. The van der Waals surface area contributed by atoms with Gasteiger partial charge in [0.15, 0.2) is 5.75 Å². The molecular formula is C17H13NO4. The van der Waals surface area contributed by atoms with Gasteiger partial charge in [-0.3, -0.25) is 0 Å². The highest BCUT2D eigenvalue weighted by atomic mass is 16.4. The van der Waals surface area contributed by atoms with Gasteiger partial charge in [-0.2, -0.15) is 0 Å². The first kappa shape index (κ1) is 15.2. The Kier molecular flexibility index (Phi) is 4.82. The van der Waals surface area contributed by atoms with Gasteiger partial charge in [-0.15, -0.1) is 4.91 Å². The molecule has 22 heavy (non-hydrogen) atoms. The highest BCUT2D eigenvalue weighted by Crippen LogP contribution is 2.33. The zero-order valence-corrected chi connectivity index (χ0v) is 11.5. The minimum atomic E-state index is -0.879. The van der Waals surface area contributed by atoms with Gasteiger partial charge in [0.05, 0.1) is 5.56 Å². The summed E-state index contributed by atoms with van der Waals surface area (Å²) in [7, 11) is 0. The fourth-order valence-electron chi connectivity index (χ4n) is 1.90. The summed E-state index contributed by atoms with van der Waals surface area (Å²) in [5.41, 5.74) is 0.413. The van der Waals surface area contributed by atoms with Crippen LogP contribution in [-0.2, 0) is 0 Å². The number of phenols is 1. The maximum atomic E-state index is 10.3. The number of hydrogen-bond donors (Lipinski definition) is 2. The molecule has 0 saturated carbocycles. The van der Waals surface area contributed by atoms with E-state index in [9.17, 15) is 14.8 Å². The van der Waals surface area contributed by atoms with Gasteiger partial charge in [-0.1, -0.05) is 48.5 Å². The second kappa shape index (κ2) is 6.99. The van der Waals surface area contributed by atoms with E-state index in [1.54, 1.807) is 48.5 Å². The molecular weight excluding hydrogens is 282 g/mol. The van der Waals surface area contributed by atoms with Crippen molar-refractivity contribution in [2.45, 2.75) is 0 Å². The second-order valence-corrected chi connectivity index (χ2v) is 4.42. The summed E-state index contributed by atoms with van der Waals surface area (Å²) in [5.74, 6) is -0.927. The average molecular weight is 295 g/mol. The first-order valence-electron chi connectivity index (χ1n) is 6.46. The van der Waals surface area contributed by atoms with E-state index in [-0.39, 0.29) is 11.4 Å². The summed E-state index contributed by atoms with van der Waals surface area (Å²) in [4.78, 5) is 20.5. The lowest BCUT2D eigenvalue weighted by atomic mass is 10.1. The highest BCUT2D eigenvalue weighted by Gasteiger charge is 2.04. The summed E-state index contributed by atoms with van der Waals surface area (Å²) in [5, 5.41) is 22.2. The molecule has 5 nitrogen and oxygen atoms in total. The number of hydrogen-bond acceptors (Lipinski definition) is 4. The molecule has 0 amide bonds. The Morgan fingerprint density at radius 3 is 2.09 bits per heavy atom. The Hall–Kier alpha value is -3.21. The van der Waals surface area contributed by atoms with E-state index < -0.39 is 5.97 Å². The maximum Gasteiger partial charge on any atom is 0.335 e. The van der Waals surface area contributed by atoms with Crippen LogP contribution in [-0.4, -0.2) is 16.2 Å². The maximum absolute atomic E-state index is 10.3. The second-order valence-electron chi connectivity index (χ2n) is 4.42. The third kappa shape index (κ3) is 3.46. The average Bonchev–Trinajstić information content (AvgIpc) is 2.57. The van der Waals surface area contributed by atoms with Crippen molar-refractivity contribution in [3.8, 4) is 5.75 Å². The van der Waals surface area contributed by atoms with Crippen molar-refractivity contribution in [3.05, 3.63) is 77.2 Å². The monoisotopic (exact) mass is 295 g/mol. The van der Waals surface area contributed by atoms with Crippen LogP contribution in [0.3, 0.4) is 0 Å². The number of carboxylic acid groups (broad SMARTS) is 1. The molecule has 0 bridgehead atoms. The molecule has 0 aliphatic carbocycles. The molecule has 0 aliphatic rings. The quantitative estimate of drug-likeness (QED) is 0.689. The molecule has 5 heteroatoms. The Bertz CT molecular complexity index is 800. The van der Waals surface area contributed by atoms with E-state index in [4.69, 9.17) is 5.11 Å². The van der Waals surface area contributed by atoms with Crippen molar-refractivity contribution in [1.29, 1.82) is 0 Å². The molecule has 0 aromatic heterocycles. The lowest BCUT2D eigenvalue weighted by molar-refractivity contribution is 0.0697. The zero-order valence-electron chi connectivity index (χ0n) is 11.5. The van der Waals surface area contributed by atoms with Gasteiger partial charge in [-0.05, 0) is 28.8 Å². The van der Waals surface area contributed by atoms with Crippen molar-refractivity contribution in [2.24, 2.45) is 5.18 Å².